The van der Waals surface area contributed by atoms with Crippen molar-refractivity contribution >= 4 is 21.8 Å². The summed E-state index contributed by atoms with van der Waals surface area (Å²) in [5.74, 6) is -1.27. The molecule has 4 rings (SSSR count). The summed E-state index contributed by atoms with van der Waals surface area (Å²) in [4.78, 5) is 27.4. The summed E-state index contributed by atoms with van der Waals surface area (Å²) in [6.45, 7) is 12.9. The molecule has 3 aromatic rings. The Morgan fingerprint density at radius 1 is 0.920 bits per heavy atom. The Kier molecular flexibility index (Phi) is 12.6. The molecular formula is C39H53FN4O5S. The number of aliphatic hydroxyl groups excluding tert-OH is 1. The summed E-state index contributed by atoms with van der Waals surface area (Å²) in [5.41, 5.74) is 2.25. The molecule has 0 spiro atoms. The number of benzene rings is 3. The Bertz CT molecular complexity index is 1740. The normalized spacial score (nSPS) is 16.1. The Balaban J connectivity index is 1.53. The zero-order valence-corrected chi connectivity index (χ0v) is 31.1. The fraction of sp³-hybridized carbons (Fsp3) is 0.487. The lowest BCUT2D eigenvalue weighted by atomic mass is 9.85. The van der Waals surface area contributed by atoms with Crippen LogP contribution in [0.15, 0.2) is 77.7 Å². The SMILES string of the molecule is Cc1ccc(S(=O)(=O)N(CC(C)C)C[C@@H](O)[C@H](Cc2ccccc2)NC(=O)[C@@H](NC(=O)CNC2(c3cccc(F)c3)CC2)C(C)(C)C)cc1C. The third-order valence-corrected chi connectivity index (χ3v) is 11.1. The van der Waals surface area contributed by atoms with E-state index in [2.05, 4.69) is 16.0 Å². The molecule has 1 aliphatic rings. The molecule has 0 unspecified atom stereocenters. The number of rotatable bonds is 16. The highest BCUT2D eigenvalue weighted by atomic mass is 32.2. The van der Waals surface area contributed by atoms with Gasteiger partial charge in [-0.15, -0.1) is 0 Å². The van der Waals surface area contributed by atoms with Gasteiger partial charge >= 0.3 is 0 Å². The molecule has 1 fully saturated rings. The van der Waals surface area contributed by atoms with Crippen LogP contribution in [0.3, 0.4) is 0 Å². The molecule has 0 aromatic heterocycles. The minimum Gasteiger partial charge on any atom is -0.390 e. The van der Waals surface area contributed by atoms with E-state index in [1.54, 1.807) is 24.3 Å². The van der Waals surface area contributed by atoms with Crippen LogP contribution >= 0.6 is 0 Å². The lowest BCUT2D eigenvalue weighted by Crippen LogP contribution is -2.59. The molecule has 1 aliphatic carbocycles. The molecule has 0 aliphatic heterocycles. The summed E-state index contributed by atoms with van der Waals surface area (Å²) < 4.78 is 43.1. The second-order valence-electron chi connectivity index (χ2n) is 15.1. The Hall–Kier alpha value is -3.64. The first-order valence-corrected chi connectivity index (χ1v) is 18.8. The van der Waals surface area contributed by atoms with Crippen molar-refractivity contribution < 1.29 is 27.5 Å². The van der Waals surface area contributed by atoms with Crippen molar-refractivity contribution in [1.29, 1.82) is 0 Å². The quantitative estimate of drug-likeness (QED) is 0.166. The lowest BCUT2D eigenvalue weighted by molar-refractivity contribution is -0.132. The fourth-order valence-corrected chi connectivity index (χ4v) is 7.78. The second-order valence-corrected chi connectivity index (χ2v) is 17.1. The summed E-state index contributed by atoms with van der Waals surface area (Å²) in [7, 11) is -3.98. The number of carbonyl (C=O) groups is 2. The van der Waals surface area contributed by atoms with Crippen molar-refractivity contribution in [2.75, 3.05) is 19.6 Å². The van der Waals surface area contributed by atoms with Crippen LogP contribution in [0.2, 0.25) is 0 Å². The molecule has 9 nitrogen and oxygen atoms in total. The number of nitrogens with zero attached hydrogens (tertiary/aromatic N) is 1. The van der Waals surface area contributed by atoms with Crippen molar-refractivity contribution in [3.05, 3.63) is 101 Å². The zero-order valence-electron chi connectivity index (χ0n) is 30.3. The van der Waals surface area contributed by atoms with Gasteiger partial charge in [0.25, 0.3) is 0 Å². The molecule has 0 saturated heterocycles. The van der Waals surface area contributed by atoms with Crippen LogP contribution < -0.4 is 16.0 Å². The number of nitrogens with one attached hydrogen (secondary N) is 3. The van der Waals surface area contributed by atoms with E-state index >= 15 is 0 Å². The Labute approximate surface area is 297 Å². The largest absolute Gasteiger partial charge is 0.390 e. The van der Waals surface area contributed by atoms with Gasteiger partial charge in [-0.05, 0) is 91.0 Å². The highest BCUT2D eigenvalue weighted by Crippen LogP contribution is 2.45. The van der Waals surface area contributed by atoms with Crippen molar-refractivity contribution in [2.45, 2.75) is 96.4 Å². The van der Waals surface area contributed by atoms with Gasteiger partial charge < -0.3 is 15.7 Å². The second kappa shape index (κ2) is 16.1. The van der Waals surface area contributed by atoms with Crippen LogP contribution in [-0.2, 0) is 31.6 Å². The molecule has 3 atom stereocenters. The monoisotopic (exact) mass is 708 g/mol. The van der Waals surface area contributed by atoms with Gasteiger partial charge in [0, 0.05) is 18.6 Å². The van der Waals surface area contributed by atoms with Gasteiger partial charge in [-0.25, -0.2) is 12.8 Å². The molecule has 0 radical (unpaired) electrons. The van der Waals surface area contributed by atoms with E-state index in [-0.39, 0.29) is 42.7 Å². The van der Waals surface area contributed by atoms with Crippen LogP contribution in [-0.4, -0.2) is 67.5 Å². The Morgan fingerprint density at radius 2 is 1.60 bits per heavy atom. The highest BCUT2D eigenvalue weighted by molar-refractivity contribution is 7.89. The van der Waals surface area contributed by atoms with Crippen molar-refractivity contribution in [3.63, 3.8) is 0 Å². The zero-order chi connectivity index (χ0) is 36.9. The number of aliphatic hydroxyl groups is 1. The predicted molar refractivity (Wildman–Crippen MR) is 194 cm³/mol. The molecule has 1 saturated carbocycles. The van der Waals surface area contributed by atoms with Crippen LogP contribution in [0.1, 0.15) is 69.7 Å². The van der Waals surface area contributed by atoms with Gasteiger partial charge in [0.15, 0.2) is 0 Å². The average Bonchev–Trinajstić information content (AvgIpc) is 3.84. The van der Waals surface area contributed by atoms with Gasteiger partial charge in [-0.3, -0.25) is 14.9 Å². The van der Waals surface area contributed by atoms with E-state index in [1.165, 1.54) is 16.4 Å². The van der Waals surface area contributed by atoms with E-state index in [4.69, 9.17) is 0 Å². The third kappa shape index (κ3) is 10.2. The van der Waals surface area contributed by atoms with Crippen LogP contribution in [0, 0.1) is 31.0 Å². The lowest BCUT2D eigenvalue weighted by Gasteiger charge is -2.34. The van der Waals surface area contributed by atoms with Gasteiger partial charge in [0.05, 0.1) is 23.6 Å². The molecule has 0 heterocycles. The van der Waals surface area contributed by atoms with Crippen LogP contribution in [0.5, 0.6) is 0 Å². The summed E-state index contributed by atoms with van der Waals surface area (Å²) in [5, 5.41) is 20.8. The summed E-state index contributed by atoms with van der Waals surface area (Å²) in [6, 6.07) is 18.8. The standard InChI is InChI=1S/C39H53FN4O5S/c1-26(2)24-44(50(48,49)32-17-16-27(3)28(4)20-32)25-34(45)33(21-29-12-9-8-10-13-29)42-37(47)36(38(5,6)7)43-35(46)23-41-39(18-19-39)30-14-11-15-31(40)22-30/h8-17,20,22,26,33-34,36,41,45H,18-19,21,23-25H2,1-7H3,(H,42,47)(H,43,46)/t33-,34+,36+/m0/s1. The van der Waals surface area contributed by atoms with E-state index in [0.29, 0.717) is 0 Å². The van der Waals surface area contributed by atoms with Crippen molar-refractivity contribution in [3.8, 4) is 0 Å². The van der Waals surface area contributed by atoms with E-state index in [1.807, 2.05) is 84.9 Å². The number of amides is 2. The fourth-order valence-electron chi connectivity index (χ4n) is 6.07. The number of hydrogen-bond acceptors (Lipinski definition) is 6. The van der Waals surface area contributed by atoms with Crippen LogP contribution in [0.4, 0.5) is 4.39 Å². The van der Waals surface area contributed by atoms with Gasteiger partial charge in [-0.1, -0.05) is 83.1 Å². The molecule has 11 heteroatoms. The first-order valence-electron chi connectivity index (χ1n) is 17.3. The maximum Gasteiger partial charge on any atom is 0.243 e. The van der Waals surface area contributed by atoms with Gasteiger partial charge in [0.1, 0.15) is 11.9 Å². The first kappa shape index (κ1) is 39.2. The van der Waals surface area contributed by atoms with Crippen molar-refractivity contribution in [2.24, 2.45) is 11.3 Å². The first-order chi connectivity index (χ1) is 23.4. The third-order valence-electron chi connectivity index (χ3n) is 9.31. The number of halogens is 1. The molecule has 50 heavy (non-hydrogen) atoms. The van der Waals surface area contributed by atoms with Gasteiger partial charge in [0.2, 0.25) is 21.8 Å². The molecule has 4 N–H and O–H groups in total. The number of sulfonamides is 1. The summed E-state index contributed by atoms with van der Waals surface area (Å²) in [6.07, 6.45) is 0.478. The summed E-state index contributed by atoms with van der Waals surface area (Å²) >= 11 is 0. The maximum atomic E-state index is 14.0. The van der Waals surface area contributed by atoms with Gasteiger partial charge in [-0.2, -0.15) is 4.31 Å². The van der Waals surface area contributed by atoms with Crippen molar-refractivity contribution in [1.82, 2.24) is 20.3 Å². The van der Waals surface area contributed by atoms with E-state index in [0.717, 1.165) is 35.1 Å². The molecule has 272 valence electrons. The molecular weight excluding hydrogens is 656 g/mol. The smallest absolute Gasteiger partial charge is 0.243 e. The predicted octanol–water partition coefficient (Wildman–Crippen LogP) is 4.99. The number of carbonyl (C=O) groups excluding carboxylic acids is 2. The Morgan fingerprint density at radius 3 is 2.18 bits per heavy atom. The molecule has 2 amide bonds. The molecule has 0 bridgehead atoms. The minimum atomic E-state index is -3.98. The number of hydrogen-bond donors (Lipinski definition) is 4. The molecule has 3 aromatic carbocycles. The topological polar surface area (TPSA) is 128 Å². The highest BCUT2D eigenvalue weighted by Gasteiger charge is 2.45. The average molecular weight is 709 g/mol. The van der Waals surface area contributed by atoms with Crippen LogP contribution in [0.25, 0.3) is 0 Å². The number of aryl methyl sites for hydroxylation is 2. The van der Waals surface area contributed by atoms with E-state index in [9.17, 15) is 27.5 Å². The minimum absolute atomic E-state index is 0.0320. The van der Waals surface area contributed by atoms with E-state index < -0.39 is 51.0 Å². The maximum absolute atomic E-state index is 14.0.